The van der Waals surface area contributed by atoms with E-state index in [0.717, 1.165) is 17.0 Å². The molecule has 0 unspecified atom stereocenters. The third-order valence-corrected chi connectivity index (χ3v) is 2.48. The summed E-state index contributed by atoms with van der Waals surface area (Å²) in [6.45, 7) is 1.89. The van der Waals surface area contributed by atoms with Gasteiger partial charge in [-0.2, -0.15) is 5.10 Å². The van der Waals surface area contributed by atoms with Gasteiger partial charge in [0.1, 0.15) is 0 Å². The lowest BCUT2D eigenvalue weighted by Crippen LogP contribution is -1.98. The molecule has 0 saturated heterocycles. The number of nitrogens with two attached hydrogens (primary N) is 2. The first kappa shape index (κ1) is 9.58. The number of aryl methyl sites for hydroxylation is 2. The minimum atomic E-state index is 0.690. The van der Waals surface area contributed by atoms with E-state index < -0.39 is 0 Å². The molecular formula is C11H14N4. The number of hydrogen-bond acceptors (Lipinski definition) is 3. The minimum absolute atomic E-state index is 0.690. The molecule has 0 amide bonds. The lowest BCUT2D eigenvalue weighted by Gasteiger charge is -2.06. The van der Waals surface area contributed by atoms with E-state index >= 15 is 0 Å². The van der Waals surface area contributed by atoms with Crippen molar-refractivity contribution in [2.24, 2.45) is 7.05 Å². The highest BCUT2D eigenvalue weighted by atomic mass is 15.3. The lowest BCUT2D eigenvalue weighted by atomic mass is 10.1. The highest BCUT2D eigenvalue weighted by Gasteiger charge is 2.13. The molecule has 4 N–H and O–H groups in total. The van der Waals surface area contributed by atoms with Crippen molar-refractivity contribution in [2.45, 2.75) is 6.92 Å². The molecule has 0 atom stereocenters. The van der Waals surface area contributed by atoms with Gasteiger partial charge in [-0.3, -0.25) is 4.68 Å². The van der Waals surface area contributed by atoms with Crippen LogP contribution in [0.15, 0.2) is 24.3 Å². The maximum Gasteiger partial charge on any atom is 0.0932 e. The van der Waals surface area contributed by atoms with Crippen LogP contribution >= 0.6 is 0 Å². The van der Waals surface area contributed by atoms with Gasteiger partial charge >= 0.3 is 0 Å². The van der Waals surface area contributed by atoms with Crippen LogP contribution in [-0.4, -0.2) is 9.78 Å². The van der Waals surface area contributed by atoms with E-state index in [4.69, 9.17) is 11.5 Å². The molecule has 1 heterocycles. The zero-order valence-electron chi connectivity index (χ0n) is 8.86. The van der Waals surface area contributed by atoms with Gasteiger partial charge in [-0.05, 0) is 13.0 Å². The molecule has 2 rings (SSSR count). The van der Waals surface area contributed by atoms with E-state index in [9.17, 15) is 0 Å². The molecular weight excluding hydrogens is 188 g/mol. The van der Waals surface area contributed by atoms with Crippen LogP contribution in [0.2, 0.25) is 0 Å². The molecule has 0 aliphatic carbocycles. The van der Waals surface area contributed by atoms with E-state index in [2.05, 4.69) is 5.10 Å². The van der Waals surface area contributed by atoms with Gasteiger partial charge in [0, 0.05) is 18.3 Å². The van der Waals surface area contributed by atoms with E-state index in [-0.39, 0.29) is 0 Å². The second-order valence-electron chi connectivity index (χ2n) is 3.56. The van der Waals surface area contributed by atoms with E-state index in [1.165, 1.54) is 0 Å². The Morgan fingerprint density at radius 1 is 1.20 bits per heavy atom. The molecule has 1 aromatic carbocycles. The van der Waals surface area contributed by atoms with Gasteiger partial charge in [0.2, 0.25) is 0 Å². The number of para-hydroxylation sites is 1. The summed E-state index contributed by atoms with van der Waals surface area (Å²) in [5.41, 5.74) is 15.9. The van der Waals surface area contributed by atoms with Crippen LogP contribution in [0.4, 0.5) is 11.4 Å². The summed E-state index contributed by atoms with van der Waals surface area (Å²) in [4.78, 5) is 0. The van der Waals surface area contributed by atoms with Crippen LogP contribution in [0, 0.1) is 6.92 Å². The molecule has 0 aliphatic rings. The average Bonchev–Trinajstić information content (AvgIpc) is 2.43. The van der Waals surface area contributed by atoms with Crippen molar-refractivity contribution in [3.63, 3.8) is 0 Å². The highest BCUT2D eigenvalue weighted by molar-refractivity contribution is 5.82. The Bertz CT molecular complexity index is 499. The molecule has 0 spiro atoms. The summed E-state index contributed by atoms with van der Waals surface area (Å²) in [6, 6.07) is 7.64. The fourth-order valence-electron chi connectivity index (χ4n) is 1.71. The number of nitrogens with zero attached hydrogens (tertiary/aromatic N) is 2. The minimum Gasteiger partial charge on any atom is -0.398 e. The van der Waals surface area contributed by atoms with Gasteiger partial charge < -0.3 is 11.5 Å². The standard InChI is InChI=1S/C11H14N4/c1-7-10(13)11(15(2)14-7)8-5-3-4-6-9(8)12/h3-6H,12-13H2,1-2H3. The van der Waals surface area contributed by atoms with Gasteiger partial charge in [-0.25, -0.2) is 0 Å². The van der Waals surface area contributed by atoms with Gasteiger partial charge in [-0.15, -0.1) is 0 Å². The Morgan fingerprint density at radius 3 is 2.40 bits per heavy atom. The van der Waals surface area contributed by atoms with Crippen LogP contribution in [0.1, 0.15) is 5.69 Å². The van der Waals surface area contributed by atoms with Crippen molar-refractivity contribution in [3.05, 3.63) is 30.0 Å². The lowest BCUT2D eigenvalue weighted by molar-refractivity contribution is 0.764. The van der Waals surface area contributed by atoms with Gasteiger partial charge in [0.25, 0.3) is 0 Å². The molecule has 78 valence electrons. The Morgan fingerprint density at radius 2 is 1.87 bits per heavy atom. The number of hydrogen-bond donors (Lipinski definition) is 2. The van der Waals surface area contributed by atoms with Crippen LogP contribution in [0.25, 0.3) is 11.3 Å². The number of benzene rings is 1. The number of anilines is 2. The van der Waals surface area contributed by atoms with Crippen LogP contribution in [-0.2, 0) is 7.05 Å². The van der Waals surface area contributed by atoms with Crippen LogP contribution < -0.4 is 11.5 Å². The first-order valence-corrected chi connectivity index (χ1v) is 4.75. The largest absolute Gasteiger partial charge is 0.398 e. The number of nitrogen functional groups attached to an aromatic ring is 2. The summed E-state index contributed by atoms with van der Waals surface area (Å²) in [5.74, 6) is 0. The van der Waals surface area contributed by atoms with E-state index in [0.29, 0.717) is 11.4 Å². The Kier molecular flexibility index (Phi) is 2.11. The predicted molar refractivity (Wildman–Crippen MR) is 62.2 cm³/mol. The molecule has 0 bridgehead atoms. The van der Waals surface area contributed by atoms with Crippen LogP contribution in [0.3, 0.4) is 0 Å². The summed E-state index contributed by atoms with van der Waals surface area (Å²) < 4.78 is 1.76. The Balaban J connectivity index is 2.69. The molecule has 15 heavy (non-hydrogen) atoms. The molecule has 2 aromatic rings. The van der Waals surface area contributed by atoms with Gasteiger partial charge in [0.05, 0.1) is 17.1 Å². The van der Waals surface area contributed by atoms with Crippen molar-refractivity contribution >= 4 is 11.4 Å². The summed E-state index contributed by atoms with van der Waals surface area (Å²) in [6.07, 6.45) is 0. The van der Waals surface area contributed by atoms with Crippen molar-refractivity contribution in [1.29, 1.82) is 0 Å². The molecule has 0 radical (unpaired) electrons. The first-order valence-electron chi connectivity index (χ1n) is 4.75. The molecule has 1 aromatic heterocycles. The molecule has 4 nitrogen and oxygen atoms in total. The number of aromatic nitrogens is 2. The fraction of sp³-hybridized carbons (Fsp3) is 0.182. The summed E-state index contributed by atoms with van der Waals surface area (Å²) in [5, 5.41) is 4.26. The highest BCUT2D eigenvalue weighted by Crippen LogP contribution is 2.31. The molecule has 0 saturated carbocycles. The van der Waals surface area contributed by atoms with Gasteiger partial charge in [-0.1, -0.05) is 18.2 Å². The second kappa shape index (κ2) is 3.31. The smallest absolute Gasteiger partial charge is 0.0932 e. The predicted octanol–water partition coefficient (Wildman–Crippen LogP) is 1.56. The Labute approximate surface area is 88.5 Å². The monoisotopic (exact) mass is 202 g/mol. The molecule has 0 aliphatic heterocycles. The molecule has 0 fully saturated rings. The summed E-state index contributed by atoms with van der Waals surface area (Å²) >= 11 is 0. The zero-order valence-corrected chi connectivity index (χ0v) is 8.86. The number of rotatable bonds is 1. The Hall–Kier alpha value is -1.97. The topological polar surface area (TPSA) is 69.9 Å². The summed E-state index contributed by atoms with van der Waals surface area (Å²) in [7, 11) is 1.87. The van der Waals surface area contributed by atoms with Crippen molar-refractivity contribution in [2.75, 3.05) is 11.5 Å². The SMILES string of the molecule is Cc1nn(C)c(-c2ccccc2N)c1N. The van der Waals surface area contributed by atoms with Crippen molar-refractivity contribution < 1.29 is 0 Å². The third kappa shape index (κ3) is 1.44. The van der Waals surface area contributed by atoms with Crippen LogP contribution in [0.5, 0.6) is 0 Å². The quantitative estimate of drug-likeness (QED) is 0.689. The van der Waals surface area contributed by atoms with E-state index in [1.807, 2.05) is 38.2 Å². The maximum atomic E-state index is 5.97. The zero-order chi connectivity index (χ0) is 11.0. The first-order chi connectivity index (χ1) is 7.11. The van der Waals surface area contributed by atoms with Crippen molar-refractivity contribution in [3.8, 4) is 11.3 Å². The van der Waals surface area contributed by atoms with Gasteiger partial charge in [0.15, 0.2) is 0 Å². The third-order valence-electron chi connectivity index (χ3n) is 2.48. The van der Waals surface area contributed by atoms with E-state index in [1.54, 1.807) is 4.68 Å². The second-order valence-corrected chi connectivity index (χ2v) is 3.56. The molecule has 4 heteroatoms. The fourth-order valence-corrected chi connectivity index (χ4v) is 1.71. The van der Waals surface area contributed by atoms with Crippen molar-refractivity contribution in [1.82, 2.24) is 9.78 Å². The maximum absolute atomic E-state index is 5.97. The average molecular weight is 202 g/mol. The normalized spacial score (nSPS) is 10.5.